The Balaban J connectivity index is 1.84. The van der Waals surface area contributed by atoms with Gasteiger partial charge in [0.1, 0.15) is 0 Å². The molecule has 3 unspecified atom stereocenters. The molecule has 0 aromatic carbocycles. The fraction of sp³-hybridized carbons (Fsp3) is 0.600. The molecule has 1 fully saturated rings. The van der Waals surface area contributed by atoms with Crippen LogP contribution in [0.1, 0.15) is 36.9 Å². The van der Waals surface area contributed by atoms with Crippen molar-refractivity contribution in [2.45, 2.75) is 42.6 Å². The summed E-state index contributed by atoms with van der Waals surface area (Å²) in [5.41, 5.74) is 2.34. The largest absolute Gasteiger partial charge is 0.298 e. The maximum atomic E-state index is 12.9. The summed E-state index contributed by atoms with van der Waals surface area (Å²) in [6.07, 6.45) is 5.01. The molecule has 1 saturated heterocycles. The summed E-state index contributed by atoms with van der Waals surface area (Å²) in [6, 6.07) is 4.12. The fourth-order valence-electron chi connectivity index (χ4n) is 3.03. The predicted molar refractivity (Wildman–Crippen MR) is 83.1 cm³/mol. The summed E-state index contributed by atoms with van der Waals surface area (Å²) in [6.45, 7) is 2.20. The van der Waals surface area contributed by atoms with Crippen LogP contribution in [-0.4, -0.2) is 32.8 Å². The summed E-state index contributed by atoms with van der Waals surface area (Å²) in [7, 11) is 0. The van der Waals surface area contributed by atoms with Gasteiger partial charge in [-0.3, -0.25) is 9.78 Å². The van der Waals surface area contributed by atoms with Gasteiger partial charge in [-0.15, -0.1) is 11.8 Å². The Morgan fingerprint density at radius 2 is 2.21 bits per heavy atom. The van der Waals surface area contributed by atoms with Crippen LogP contribution in [0.25, 0.3) is 0 Å². The number of rotatable bonds is 2. The van der Waals surface area contributed by atoms with E-state index in [1.807, 2.05) is 35.8 Å². The Kier molecular flexibility index (Phi) is 4.18. The van der Waals surface area contributed by atoms with E-state index in [1.165, 1.54) is 11.3 Å². The highest BCUT2D eigenvalue weighted by Crippen LogP contribution is 2.38. The first-order chi connectivity index (χ1) is 9.27. The number of carbonyl (C=O) groups is 1. The molecule has 2 heterocycles. The van der Waals surface area contributed by atoms with Crippen molar-refractivity contribution in [2.24, 2.45) is 0 Å². The minimum Gasteiger partial charge on any atom is -0.298 e. The molecule has 4 heteroatoms. The van der Waals surface area contributed by atoms with Gasteiger partial charge in [0.2, 0.25) is 0 Å². The zero-order valence-corrected chi connectivity index (χ0v) is 12.8. The molecule has 0 amide bonds. The molecule has 3 rings (SSSR count). The summed E-state index contributed by atoms with van der Waals surface area (Å²) in [5.74, 6) is 2.75. The van der Waals surface area contributed by atoms with E-state index in [4.69, 9.17) is 0 Å². The lowest BCUT2D eigenvalue weighted by atomic mass is 9.82. The molecule has 0 bridgehead atoms. The summed E-state index contributed by atoms with van der Waals surface area (Å²) < 4.78 is 0. The maximum Gasteiger partial charge on any atom is 0.155 e. The number of nitrogens with zero attached hydrogens (tertiary/aromatic N) is 1. The van der Waals surface area contributed by atoms with Gasteiger partial charge in [-0.05, 0) is 30.9 Å². The molecule has 0 radical (unpaired) electrons. The number of fused-ring (bicyclic) bond motifs is 1. The van der Waals surface area contributed by atoms with Crippen LogP contribution in [0.15, 0.2) is 18.3 Å². The van der Waals surface area contributed by atoms with E-state index in [0.29, 0.717) is 11.0 Å². The van der Waals surface area contributed by atoms with E-state index in [9.17, 15) is 4.79 Å². The smallest absolute Gasteiger partial charge is 0.155 e. The highest BCUT2D eigenvalue weighted by atomic mass is 32.2. The standard InChI is InChI=1S/C15H19NOS2/c1-10-15(19-9-8-18-10)14(17)12-6-2-4-11-5-3-7-16-13(11)12/h3,5,7,10,12,15H,2,4,6,8-9H2,1H3. The Hall–Kier alpha value is -0.480. The first-order valence-electron chi connectivity index (χ1n) is 6.98. The van der Waals surface area contributed by atoms with Gasteiger partial charge in [-0.2, -0.15) is 11.8 Å². The van der Waals surface area contributed by atoms with Crippen molar-refractivity contribution in [3.05, 3.63) is 29.6 Å². The van der Waals surface area contributed by atoms with Crippen molar-refractivity contribution in [3.63, 3.8) is 0 Å². The van der Waals surface area contributed by atoms with E-state index in [-0.39, 0.29) is 11.2 Å². The zero-order valence-electron chi connectivity index (χ0n) is 11.2. The average molecular weight is 293 g/mol. The Bertz CT molecular complexity index is 477. The molecule has 1 aromatic heterocycles. The Morgan fingerprint density at radius 3 is 3.05 bits per heavy atom. The number of aryl methyl sites for hydroxylation is 1. The van der Waals surface area contributed by atoms with Crippen LogP contribution in [0.5, 0.6) is 0 Å². The number of ketones is 1. The highest BCUT2D eigenvalue weighted by molar-refractivity contribution is 8.07. The molecule has 1 aliphatic heterocycles. The number of Topliss-reactive ketones (excluding diaryl/α,β-unsaturated/α-hetero) is 1. The molecule has 2 nitrogen and oxygen atoms in total. The van der Waals surface area contributed by atoms with Gasteiger partial charge in [-0.1, -0.05) is 13.0 Å². The molecule has 19 heavy (non-hydrogen) atoms. The Morgan fingerprint density at radius 1 is 1.37 bits per heavy atom. The SMILES string of the molecule is CC1SCCSC1C(=O)C1CCCc2cccnc21. The minimum atomic E-state index is 0.0450. The van der Waals surface area contributed by atoms with Gasteiger partial charge < -0.3 is 0 Å². The lowest BCUT2D eigenvalue weighted by Gasteiger charge is -2.31. The first-order valence-corrected chi connectivity index (χ1v) is 9.08. The summed E-state index contributed by atoms with van der Waals surface area (Å²) in [4.78, 5) is 17.4. The molecule has 3 atom stereocenters. The van der Waals surface area contributed by atoms with E-state index < -0.39 is 0 Å². The minimum absolute atomic E-state index is 0.0450. The molecular weight excluding hydrogens is 274 g/mol. The van der Waals surface area contributed by atoms with Crippen molar-refractivity contribution in [1.82, 2.24) is 4.98 Å². The normalized spacial score (nSPS) is 30.7. The molecule has 2 aliphatic rings. The van der Waals surface area contributed by atoms with Crippen LogP contribution in [0.4, 0.5) is 0 Å². The third kappa shape index (κ3) is 2.70. The third-order valence-electron chi connectivity index (χ3n) is 4.01. The van der Waals surface area contributed by atoms with E-state index in [2.05, 4.69) is 18.0 Å². The van der Waals surface area contributed by atoms with Crippen LogP contribution in [0.3, 0.4) is 0 Å². The van der Waals surface area contributed by atoms with Crippen molar-refractivity contribution < 1.29 is 4.79 Å². The third-order valence-corrected chi connectivity index (χ3v) is 7.11. The number of hydrogen-bond donors (Lipinski definition) is 0. The van der Waals surface area contributed by atoms with E-state index >= 15 is 0 Å². The number of pyridine rings is 1. The molecule has 0 N–H and O–H groups in total. The lowest BCUT2D eigenvalue weighted by molar-refractivity contribution is -0.120. The molecule has 102 valence electrons. The van der Waals surface area contributed by atoms with Gasteiger partial charge in [0.15, 0.2) is 5.78 Å². The second-order valence-corrected chi connectivity index (χ2v) is 8.00. The average Bonchev–Trinajstić information content (AvgIpc) is 2.46. The monoisotopic (exact) mass is 293 g/mol. The van der Waals surface area contributed by atoms with Crippen molar-refractivity contribution >= 4 is 29.3 Å². The van der Waals surface area contributed by atoms with E-state index in [0.717, 1.165) is 30.7 Å². The van der Waals surface area contributed by atoms with Crippen molar-refractivity contribution in [1.29, 1.82) is 0 Å². The second-order valence-electron chi connectivity index (χ2n) is 5.26. The van der Waals surface area contributed by atoms with Crippen LogP contribution in [-0.2, 0) is 11.2 Å². The number of carbonyl (C=O) groups excluding carboxylic acids is 1. The second kappa shape index (κ2) is 5.88. The number of hydrogen-bond acceptors (Lipinski definition) is 4. The van der Waals surface area contributed by atoms with Gasteiger partial charge in [0.05, 0.1) is 16.9 Å². The summed E-state index contributed by atoms with van der Waals surface area (Å²) >= 11 is 3.79. The van der Waals surface area contributed by atoms with Crippen LogP contribution < -0.4 is 0 Å². The van der Waals surface area contributed by atoms with Gasteiger partial charge >= 0.3 is 0 Å². The molecule has 0 spiro atoms. The molecule has 0 saturated carbocycles. The Labute approximate surface area is 123 Å². The van der Waals surface area contributed by atoms with Gasteiger partial charge in [0, 0.05) is 23.0 Å². The number of thioether (sulfide) groups is 2. The first kappa shape index (κ1) is 13.5. The van der Waals surface area contributed by atoms with Gasteiger partial charge in [-0.25, -0.2) is 0 Å². The molecular formula is C15H19NOS2. The van der Waals surface area contributed by atoms with Crippen LogP contribution >= 0.6 is 23.5 Å². The maximum absolute atomic E-state index is 12.9. The fourth-order valence-corrected chi connectivity index (χ4v) is 5.81. The van der Waals surface area contributed by atoms with Crippen LogP contribution in [0.2, 0.25) is 0 Å². The van der Waals surface area contributed by atoms with Crippen LogP contribution in [0, 0.1) is 0 Å². The van der Waals surface area contributed by atoms with Gasteiger partial charge in [0.25, 0.3) is 0 Å². The van der Waals surface area contributed by atoms with E-state index in [1.54, 1.807) is 0 Å². The van der Waals surface area contributed by atoms with Crippen molar-refractivity contribution in [2.75, 3.05) is 11.5 Å². The number of aromatic nitrogens is 1. The lowest BCUT2D eigenvalue weighted by Crippen LogP contribution is -2.36. The highest BCUT2D eigenvalue weighted by Gasteiger charge is 2.36. The quantitative estimate of drug-likeness (QED) is 0.837. The molecule has 1 aromatic rings. The topological polar surface area (TPSA) is 30.0 Å². The zero-order chi connectivity index (χ0) is 13.2. The summed E-state index contributed by atoms with van der Waals surface area (Å²) in [5, 5.41) is 0.608. The van der Waals surface area contributed by atoms with Crippen molar-refractivity contribution in [3.8, 4) is 0 Å². The molecule has 1 aliphatic carbocycles. The predicted octanol–water partition coefficient (Wildman–Crippen LogP) is 3.31.